The zero-order valence-electron chi connectivity index (χ0n) is 20.6. The summed E-state index contributed by atoms with van der Waals surface area (Å²) in [5.41, 5.74) is 3.84. The van der Waals surface area contributed by atoms with Crippen molar-refractivity contribution in [2.45, 2.75) is 58.1 Å². The minimum atomic E-state index is -1.21. The van der Waals surface area contributed by atoms with Crippen LogP contribution < -0.4 is 14.8 Å². The molecule has 1 fully saturated rings. The van der Waals surface area contributed by atoms with Crippen molar-refractivity contribution < 1.29 is 14.1 Å². The largest absolute Gasteiger partial charge is 0.593 e. The summed E-state index contributed by atoms with van der Waals surface area (Å²) in [6, 6.07) is 5.49. The number of hydrogen-bond acceptors (Lipinski definition) is 8. The molecule has 0 radical (unpaired) electrons. The van der Waals surface area contributed by atoms with Gasteiger partial charge in [-0.1, -0.05) is 6.07 Å². The van der Waals surface area contributed by atoms with Crippen molar-refractivity contribution in [1.82, 2.24) is 19.9 Å². The lowest BCUT2D eigenvalue weighted by atomic mass is 9.87. The van der Waals surface area contributed by atoms with E-state index in [0.29, 0.717) is 29.6 Å². The molecule has 0 bridgehead atoms. The summed E-state index contributed by atoms with van der Waals surface area (Å²) < 4.78 is 20.5. The second-order valence-corrected chi connectivity index (χ2v) is 10.5. The fraction of sp³-hybridized carbons (Fsp3) is 0.400. The van der Waals surface area contributed by atoms with Gasteiger partial charge in [-0.15, -0.1) is 0 Å². The number of hydrogen-bond donors (Lipinski definition) is 2. The molecule has 0 saturated heterocycles. The van der Waals surface area contributed by atoms with E-state index in [1.54, 1.807) is 38.5 Å². The average Bonchev–Trinajstić information content (AvgIpc) is 3.68. The Labute approximate surface area is 208 Å². The molecule has 3 aromatic rings. The zero-order valence-corrected chi connectivity index (χ0v) is 21.4. The highest BCUT2D eigenvalue weighted by Gasteiger charge is 2.36. The molecular weight excluding hydrogens is 464 g/mol. The third-order valence-corrected chi connectivity index (χ3v) is 7.56. The van der Waals surface area contributed by atoms with Crippen LogP contribution in [0.3, 0.4) is 0 Å². The van der Waals surface area contributed by atoms with Crippen molar-refractivity contribution >= 4 is 28.9 Å². The molecule has 184 valence electrons. The Balaban J connectivity index is 1.53. The summed E-state index contributed by atoms with van der Waals surface area (Å²) in [6.07, 6.45) is 6.74. The number of aromatic nitrogens is 4. The van der Waals surface area contributed by atoms with Crippen LogP contribution in [0.1, 0.15) is 50.4 Å². The first-order valence-electron chi connectivity index (χ1n) is 11.6. The van der Waals surface area contributed by atoms with Crippen molar-refractivity contribution in [2.75, 3.05) is 16.6 Å². The number of nitrogens with zero attached hydrogens (tertiary/aromatic N) is 4. The smallest absolute Gasteiger partial charge is 0.265 e. The molecule has 2 heterocycles. The number of carbonyl (C=O) groups excluding carboxylic acids is 1. The fourth-order valence-electron chi connectivity index (χ4n) is 3.54. The maximum absolute atomic E-state index is 13.3. The summed E-state index contributed by atoms with van der Waals surface area (Å²) in [5.74, 6) is 0.528. The van der Waals surface area contributed by atoms with Crippen molar-refractivity contribution in [3.05, 3.63) is 53.6 Å². The van der Waals surface area contributed by atoms with Crippen molar-refractivity contribution in [2.24, 2.45) is 0 Å². The predicted octanol–water partition coefficient (Wildman–Crippen LogP) is 4.10. The van der Waals surface area contributed by atoms with Crippen LogP contribution in [-0.2, 0) is 21.6 Å². The normalized spacial score (nSPS) is 14.3. The summed E-state index contributed by atoms with van der Waals surface area (Å²) >= 11 is -1.21. The first-order chi connectivity index (χ1) is 16.7. The monoisotopic (exact) mass is 494 g/mol. The van der Waals surface area contributed by atoms with Crippen LogP contribution in [0.5, 0.6) is 5.88 Å². The van der Waals surface area contributed by atoms with Crippen LogP contribution in [0.4, 0.5) is 11.6 Å². The van der Waals surface area contributed by atoms with E-state index in [-0.39, 0.29) is 17.1 Å². The minimum Gasteiger partial charge on any atom is -0.593 e. The van der Waals surface area contributed by atoms with Gasteiger partial charge in [-0.05, 0) is 57.9 Å². The van der Waals surface area contributed by atoms with Gasteiger partial charge in [0.1, 0.15) is 5.25 Å². The van der Waals surface area contributed by atoms with Crippen molar-refractivity contribution in [3.63, 3.8) is 0 Å². The van der Waals surface area contributed by atoms with Gasteiger partial charge >= 0.3 is 0 Å². The molecule has 9 nitrogen and oxygen atoms in total. The molecule has 1 aliphatic rings. The van der Waals surface area contributed by atoms with Gasteiger partial charge < -0.3 is 14.6 Å². The van der Waals surface area contributed by atoms with Crippen LogP contribution in [0.2, 0.25) is 0 Å². The van der Waals surface area contributed by atoms with Crippen molar-refractivity contribution in [3.8, 4) is 17.1 Å². The Morgan fingerprint density at radius 2 is 1.94 bits per heavy atom. The van der Waals surface area contributed by atoms with Crippen LogP contribution in [-0.4, -0.2) is 42.3 Å². The van der Waals surface area contributed by atoms with Gasteiger partial charge in [-0.3, -0.25) is 9.78 Å². The number of benzene rings is 1. The number of rotatable bonds is 9. The Hall–Kier alpha value is -3.24. The quantitative estimate of drug-likeness (QED) is 0.426. The Morgan fingerprint density at radius 3 is 2.66 bits per heavy atom. The molecular formula is C25H30N6O3S. The van der Waals surface area contributed by atoms with Crippen LogP contribution in [0, 0.1) is 13.8 Å². The SMILES string of the molecule is CCOc1cncc(-c2ccc(NC(=O)C(C)(C)c3ccnc(N[S+]([O-])C4CC4)n3)c(C)c2C)n1. The number of anilines is 2. The number of ether oxygens (including phenoxy) is 1. The lowest BCUT2D eigenvalue weighted by Gasteiger charge is -2.24. The molecule has 0 aliphatic heterocycles. The summed E-state index contributed by atoms with van der Waals surface area (Å²) in [6.45, 7) is 9.97. The van der Waals surface area contributed by atoms with E-state index in [4.69, 9.17) is 4.74 Å². The van der Waals surface area contributed by atoms with E-state index >= 15 is 0 Å². The molecule has 0 spiro atoms. The van der Waals surface area contributed by atoms with E-state index in [9.17, 15) is 9.35 Å². The second-order valence-electron chi connectivity index (χ2n) is 9.03. The summed E-state index contributed by atoms with van der Waals surface area (Å²) in [4.78, 5) is 30.7. The second kappa shape index (κ2) is 10.2. The van der Waals surface area contributed by atoms with Crippen LogP contribution in [0.25, 0.3) is 11.3 Å². The van der Waals surface area contributed by atoms with Gasteiger partial charge in [-0.2, -0.15) is 4.72 Å². The minimum absolute atomic E-state index is 0.153. The maximum atomic E-state index is 13.3. The molecule has 1 atom stereocenters. The highest BCUT2D eigenvalue weighted by Crippen LogP contribution is 2.32. The van der Waals surface area contributed by atoms with E-state index in [2.05, 4.69) is 30.0 Å². The number of carbonyl (C=O) groups is 1. The highest BCUT2D eigenvalue weighted by molar-refractivity contribution is 7.93. The third kappa shape index (κ3) is 5.54. The van der Waals surface area contributed by atoms with Gasteiger partial charge in [-0.25, -0.2) is 15.0 Å². The van der Waals surface area contributed by atoms with Crippen LogP contribution in [0.15, 0.2) is 36.8 Å². The summed E-state index contributed by atoms with van der Waals surface area (Å²) in [7, 11) is 0. The number of amides is 1. The third-order valence-electron chi connectivity index (χ3n) is 6.10. The molecule has 2 N–H and O–H groups in total. The molecule has 1 saturated carbocycles. The molecule has 4 rings (SSSR count). The van der Waals surface area contributed by atoms with E-state index < -0.39 is 16.8 Å². The van der Waals surface area contributed by atoms with Gasteiger partial charge in [0.05, 0.1) is 47.2 Å². The fourth-order valence-corrected chi connectivity index (χ4v) is 4.54. The Kier molecular flexibility index (Phi) is 7.23. The maximum Gasteiger partial charge on any atom is 0.265 e. The Morgan fingerprint density at radius 1 is 1.17 bits per heavy atom. The van der Waals surface area contributed by atoms with E-state index in [1.807, 2.05) is 32.9 Å². The first kappa shape index (κ1) is 24.9. The molecule has 1 aliphatic carbocycles. The lowest BCUT2D eigenvalue weighted by Crippen LogP contribution is -2.36. The summed E-state index contributed by atoms with van der Waals surface area (Å²) in [5, 5.41) is 3.20. The first-order valence-corrected chi connectivity index (χ1v) is 12.8. The average molecular weight is 495 g/mol. The highest BCUT2D eigenvalue weighted by atomic mass is 32.2. The zero-order chi connectivity index (χ0) is 25.2. The van der Waals surface area contributed by atoms with E-state index in [1.165, 1.54) is 0 Å². The Bertz CT molecular complexity index is 1230. The molecule has 1 unspecified atom stereocenters. The topological polar surface area (TPSA) is 125 Å². The number of nitrogens with one attached hydrogen (secondary N) is 2. The molecule has 35 heavy (non-hydrogen) atoms. The van der Waals surface area contributed by atoms with Gasteiger partial charge in [0, 0.05) is 30.3 Å². The molecule has 1 aromatic carbocycles. The van der Waals surface area contributed by atoms with Gasteiger partial charge in [0.15, 0.2) is 0 Å². The van der Waals surface area contributed by atoms with Gasteiger partial charge in [0.2, 0.25) is 11.8 Å². The molecule has 2 aromatic heterocycles. The molecule has 1 amide bonds. The van der Waals surface area contributed by atoms with E-state index in [0.717, 1.165) is 29.5 Å². The predicted molar refractivity (Wildman–Crippen MR) is 137 cm³/mol. The molecule has 10 heteroatoms. The van der Waals surface area contributed by atoms with Crippen LogP contribution >= 0.6 is 0 Å². The van der Waals surface area contributed by atoms with Gasteiger partial charge in [0.25, 0.3) is 5.95 Å². The standard InChI is InChI=1S/C25H30N6O3S/c1-6-34-22-14-26-13-20(28-22)18-9-10-19(16(3)15(18)2)29-23(32)25(4,5)21-11-12-27-24(30-21)31-35(33)17-7-8-17/h9-14,17H,6-8H2,1-5H3,(H,29,32)(H,27,30,31). The van der Waals surface area contributed by atoms with Crippen molar-refractivity contribution in [1.29, 1.82) is 0 Å². The lowest BCUT2D eigenvalue weighted by molar-refractivity contribution is -0.120.